The molecule has 1 aliphatic heterocycles. The Labute approximate surface area is 100 Å². The van der Waals surface area contributed by atoms with Gasteiger partial charge in [-0.3, -0.25) is 0 Å². The van der Waals surface area contributed by atoms with E-state index in [4.69, 9.17) is 4.42 Å². The molecule has 0 radical (unpaired) electrons. The van der Waals surface area contributed by atoms with Crippen LogP contribution in [0.3, 0.4) is 0 Å². The molecule has 1 aromatic carbocycles. The highest BCUT2D eigenvalue weighted by Crippen LogP contribution is 2.22. The van der Waals surface area contributed by atoms with Crippen LogP contribution in [0.1, 0.15) is 0 Å². The highest BCUT2D eigenvalue weighted by Gasteiger charge is 2.14. The molecule has 0 unspecified atom stereocenters. The van der Waals surface area contributed by atoms with Crippen molar-refractivity contribution in [3.8, 4) is 11.5 Å². The highest BCUT2D eigenvalue weighted by molar-refractivity contribution is 5.55. The fourth-order valence-electron chi connectivity index (χ4n) is 2.02. The first-order valence-electron chi connectivity index (χ1n) is 5.90. The van der Waals surface area contributed by atoms with Crippen molar-refractivity contribution < 1.29 is 4.42 Å². The van der Waals surface area contributed by atoms with Crippen molar-refractivity contribution in [2.45, 2.75) is 0 Å². The fraction of sp³-hybridized carbons (Fsp3) is 0.308. The van der Waals surface area contributed by atoms with Crippen LogP contribution in [0.2, 0.25) is 0 Å². The van der Waals surface area contributed by atoms with Gasteiger partial charge in [0.25, 0.3) is 0 Å². The number of aromatic nitrogens is 1. The number of rotatable bonds is 2. The van der Waals surface area contributed by atoms with Crippen LogP contribution in [0.4, 0.5) is 5.82 Å². The molecule has 0 atom stereocenters. The number of oxazole rings is 1. The number of benzene rings is 1. The Morgan fingerprint density at radius 1 is 1.12 bits per heavy atom. The van der Waals surface area contributed by atoms with Gasteiger partial charge in [0.15, 0.2) is 5.82 Å². The maximum absolute atomic E-state index is 5.53. The molecule has 0 bridgehead atoms. The van der Waals surface area contributed by atoms with Crippen LogP contribution in [-0.4, -0.2) is 31.2 Å². The molecular weight excluding hydrogens is 214 g/mol. The zero-order valence-electron chi connectivity index (χ0n) is 9.60. The SMILES string of the molecule is c1ccc(-c2nc(N3CCNCC3)co2)cc1. The van der Waals surface area contributed by atoms with E-state index in [1.807, 2.05) is 30.3 Å². The lowest BCUT2D eigenvalue weighted by Gasteiger charge is -2.26. The Balaban J connectivity index is 1.83. The normalized spacial score (nSPS) is 16.1. The average molecular weight is 229 g/mol. The van der Waals surface area contributed by atoms with Crippen molar-refractivity contribution in [3.63, 3.8) is 0 Å². The van der Waals surface area contributed by atoms with Gasteiger partial charge in [0.2, 0.25) is 5.89 Å². The van der Waals surface area contributed by atoms with Crippen LogP contribution in [0.25, 0.3) is 11.5 Å². The fourth-order valence-corrected chi connectivity index (χ4v) is 2.02. The first kappa shape index (κ1) is 10.4. The average Bonchev–Trinajstić information content (AvgIpc) is 2.90. The molecule has 1 N–H and O–H groups in total. The summed E-state index contributed by atoms with van der Waals surface area (Å²) in [5.74, 6) is 1.63. The first-order chi connectivity index (χ1) is 8.43. The van der Waals surface area contributed by atoms with E-state index in [9.17, 15) is 0 Å². The number of anilines is 1. The predicted molar refractivity (Wildman–Crippen MR) is 67.0 cm³/mol. The third-order valence-corrected chi connectivity index (χ3v) is 2.95. The molecule has 2 aromatic rings. The topological polar surface area (TPSA) is 41.3 Å². The number of hydrogen-bond acceptors (Lipinski definition) is 4. The van der Waals surface area contributed by atoms with Gasteiger partial charge in [-0.15, -0.1) is 0 Å². The molecule has 1 saturated heterocycles. The lowest BCUT2D eigenvalue weighted by molar-refractivity contribution is 0.566. The van der Waals surface area contributed by atoms with E-state index < -0.39 is 0 Å². The van der Waals surface area contributed by atoms with E-state index in [0.717, 1.165) is 37.6 Å². The summed E-state index contributed by atoms with van der Waals surface area (Å²) in [6.07, 6.45) is 1.74. The summed E-state index contributed by atoms with van der Waals surface area (Å²) in [6, 6.07) is 9.98. The van der Waals surface area contributed by atoms with Gasteiger partial charge >= 0.3 is 0 Å². The van der Waals surface area contributed by atoms with E-state index in [1.165, 1.54) is 0 Å². The van der Waals surface area contributed by atoms with Crippen molar-refractivity contribution in [1.82, 2.24) is 10.3 Å². The van der Waals surface area contributed by atoms with Gasteiger partial charge in [-0.25, -0.2) is 0 Å². The molecule has 3 rings (SSSR count). The second-order valence-corrected chi connectivity index (χ2v) is 4.11. The second-order valence-electron chi connectivity index (χ2n) is 4.11. The molecule has 1 fully saturated rings. The summed E-state index contributed by atoms with van der Waals surface area (Å²) in [5, 5.41) is 3.32. The monoisotopic (exact) mass is 229 g/mol. The lowest BCUT2D eigenvalue weighted by Crippen LogP contribution is -2.43. The smallest absolute Gasteiger partial charge is 0.227 e. The third kappa shape index (κ3) is 2.17. The summed E-state index contributed by atoms with van der Waals surface area (Å²) in [4.78, 5) is 6.78. The molecule has 0 saturated carbocycles. The lowest BCUT2D eigenvalue weighted by atomic mass is 10.2. The molecule has 1 aliphatic rings. The zero-order valence-corrected chi connectivity index (χ0v) is 9.60. The van der Waals surface area contributed by atoms with Crippen molar-refractivity contribution in [3.05, 3.63) is 36.6 Å². The molecule has 4 heteroatoms. The van der Waals surface area contributed by atoms with Crippen molar-refractivity contribution in [2.24, 2.45) is 0 Å². The molecule has 2 heterocycles. The molecule has 0 amide bonds. The van der Waals surface area contributed by atoms with Crippen LogP contribution in [0.5, 0.6) is 0 Å². The molecular formula is C13H15N3O. The summed E-state index contributed by atoms with van der Waals surface area (Å²) in [7, 11) is 0. The Morgan fingerprint density at radius 3 is 2.65 bits per heavy atom. The van der Waals surface area contributed by atoms with Crippen LogP contribution in [0.15, 0.2) is 41.0 Å². The quantitative estimate of drug-likeness (QED) is 0.851. The Kier molecular flexibility index (Phi) is 2.80. The summed E-state index contributed by atoms with van der Waals surface area (Å²) < 4.78 is 5.53. The molecule has 88 valence electrons. The van der Waals surface area contributed by atoms with E-state index in [0.29, 0.717) is 5.89 Å². The second kappa shape index (κ2) is 4.59. The Bertz CT molecular complexity index is 474. The number of hydrogen-bond donors (Lipinski definition) is 1. The minimum atomic E-state index is 0.694. The highest BCUT2D eigenvalue weighted by atomic mass is 16.3. The maximum atomic E-state index is 5.53. The standard InChI is InChI=1S/C13H15N3O/c1-2-4-11(5-3-1)13-15-12(10-17-13)16-8-6-14-7-9-16/h1-5,10,14H,6-9H2. The first-order valence-corrected chi connectivity index (χ1v) is 5.90. The Morgan fingerprint density at radius 2 is 1.88 bits per heavy atom. The molecule has 0 aliphatic carbocycles. The van der Waals surface area contributed by atoms with E-state index in [-0.39, 0.29) is 0 Å². The van der Waals surface area contributed by atoms with Crippen LogP contribution in [0, 0.1) is 0 Å². The largest absolute Gasteiger partial charge is 0.442 e. The van der Waals surface area contributed by atoms with Crippen LogP contribution < -0.4 is 10.2 Å². The molecule has 1 aromatic heterocycles. The minimum absolute atomic E-state index is 0.694. The number of nitrogens with one attached hydrogen (secondary N) is 1. The van der Waals surface area contributed by atoms with Gasteiger partial charge in [-0.05, 0) is 12.1 Å². The summed E-state index contributed by atoms with van der Waals surface area (Å²) in [6.45, 7) is 3.99. The van der Waals surface area contributed by atoms with Crippen LogP contribution in [-0.2, 0) is 0 Å². The van der Waals surface area contributed by atoms with Gasteiger partial charge in [0, 0.05) is 31.7 Å². The molecule has 0 spiro atoms. The summed E-state index contributed by atoms with van der Waals surface area (Å²) >= 11 is 0. The van der Waals surface area contributed by atoms with E-state index >= 15 is 0 Å². The molecule has 4 nitrogen and oxygen atoms in total. The molecule has 17 heavy (non-hydrogen) atoms. The van der Waals surface area contributed by atoms with Crippen molar-refractivity contribution >= 4 is 5.82 Å². The summed E-state index contributed by atoms with van der Waals surface area (Å²) in [5.41, 5.74) is 1.02. The van der Waals surface area contributed by atoms with E-state index in [2.05, 4.69) is 15.2 Å². The maximum Gasteiger partial charge on any atom is 0.227 e. The van der Waals surface area contributed by atoms with Gasteiger partial charge < -0.3 is 14.6 Å². The van der Waals surface area contributed by atoms with E-state index in [1.54, 1.807) is 6.26 Å². The van der Waals surface area contributed by atoms with Crippen molar-refractivity contribution in [2.75, 3.05) is 31.1 Å². The zero-order chi connectivity index (χ0) is 11.5. The predicted octanol–water partition coefficient (Wildman–Crippen LogP) is 1.75. The van der Waals surface area contributed by atoms with Gasteiger partial charge in [0.1, 0.15) is 6.26 Å². The van der Waals surface area contributed by atoms with Crippen LogP contribution >= 0.6 is 0 Å². The van der Waals surface area contributed by atoms with Gasteiger partial charge in [0.05, 0.1) is 0 Å². The number of piperazine rings is 1. The minimum Gasteiger partial charge on any atom is -0.442 e. The number of nitrogens with zero attached hydrogens (tertiary/aromatic N) is 2. The van der Waals surface area contributed by atoms with Gasteiger partial charge in [-0.1, -0.05) is 18.2 Å². The van der Waals surface area contributed by atoms with Gasteiger partial charge in [-0.2, -0.15) is 4.98 Å². The Hall–Kier alpha value is -1.81. The third-order valence-electron chi connectivity index (χ3n) is 2.95. The van der Waals surface area contributed by atoms with Crippen molar-refractivity contribution in [1.29, 1.82) is 0 Å².